The number of rotatable bonds is 3. The van der Waals surface area contributed by atoms with Gasteiger partial charge in [-0.1, -0.05) is 24.3 Å². The number of amides is 1. The average Bonchev–Trinajstić information content (AvgIpc) is 2.48. The first-order valence-electron chi connectivity index (χ1n) is 5.79. The number of carbonyl (C=O) groups is 1. The highest BCUT2D eigenvalue weighted by Crippen LogP contribution is 2.10. The minimum absolute atomic E-state index is 0.250. The van der Waals surface area contributed by atoms with Crippen molar-refractivity contribution in [2.24, 2.45) is 5.10 Å². The SMILES string of the molecule is N#Cc1ccc(/C=N/NC(=O)c2ccccc2I)cc1. The normalized spacial score (nSPS) is 10.2. The molecule has 0 saturated carbocycles. The van der Waals surface area contributed by atoms with Gasteiger partial charge in [-0.3, -0.25) is 4.79 Å². The lowest BCUT2D eigenvalue weighted by molar-refractivity contribution is 0.0954. The molecule has 4 nitrogen and oxygen atoms in total. The summed E-state index contributed by atoms with van der Waals surface area (Å²) in [4.78, 5) is 11.9. The predicted molar refractivity (Wildman–Crippen MR) is 85.4 cm³/mol. The Balaban J connectivity index is 2.01. The summed E-state index contributed by atoms with van der Waals surface area (Å²) in [5.41, 5.74) is 4.47. The van der Waals surface area contributed by atoms with Crippen molar-refractivity contribution in [3.8, 4) is 6.07 Å². The summed E-state index contributed by atoms with van der Waals surface area (Å²) in [6.45, 7) is 0. The molecule has 2 aromatic carbocycles. The maximum absolute atomic E-state index is 11.9. The van der Waals surface area contributed by atoms with Gasteiger partial charge in [0, 0.05) is 3.57 Å². The summed E-state index contributed by atoms with van der Waals surface area (Å²) in [6, 6.07) is 16.3. The van der Waals surface area contributed by atoms with Crippen LogP contribution in [0.5, 0.6) is 0 Å². The van der Waals surface area contributed by atoms with E-state index in [-0.39, 0.29) is 5.91 Å². The zero-order valence-corrected chi connectivity index (χ0v) is 12.5. The smallest absolute Gasteiger partial charge is 0.267 e. The number of benzene rings is 2. The first kappa shape index (κ1) is 14.2. The molecule has 2 rings (SSSR count). The monoisotopic (exact) mass is 375 g/mol. The molecule has 98 valence electrons. The molecule has 0 unspecified atom stereocenters. The summed E-state index contributed by atoms with van der Waals surface area (Å²) < 4.78 is 0.871. The standard InChI is InChI=1S/C15H10IN3O/c16-14-4-2-1-3-13(14)15(20)19-18-10-12-7-5-11(9-17)6-8-12/h1-8,10H,(H,19,20)/b18-10+. The molecule has 0 bridgehead atoms. The van der Waals surface area contributed by atoms with Crippen LogP contribution in [0.4, 0.5) is 0 Å². The summed E-state index contributed by atoms with van der Waals surface area (Å²) in [5, 5.41) is 12.6. The minimum Gasteiger partial charge on any atom is -0.267 e. The first-order valence-corrected chi connectivity index (χ1v) is 6.86. The van der Waals surface area contributed by atoms with Crippen molar-refractivity contribution >= 4 is 34.7 Å². The number of hydrazone groups is 1. The van der Waals surface area contributed by atoms with E-state index in [2.05, 4.69) is 33.1 Å². The van der Waals surface area contributed by atoms with E-state index in [1.165, 1.54) is 6.21 Å². The number of hydrogen-bond acceptors (Lipinski definition) is 3. The van der Waals surface area contributed by atoms with E-state index in [0.717, 1.165) is 9.13 Å². The van der Waals surface area contributed by atoms with E-state index >= 15 is 0 Å². The third-order valence-corrected chi connectivity index (χ3v) is 3.48. The molecule has 0 aliphatic rings. The first-order chi connectivity index (χ1) is 9.70. The molecule has 0 spiro atoms. The molecular weight excluding hydrogens is 365 g/mol. The molecule has 5 heteroatoms. The number of nitrogens with zero attached hydrogens (tertiary/aromatic N) is 2. The highest BCUT2D eigenvalue weighted by Gasteiger charge is 2.07. The van der Waals surface area contributed by atoms with E-state index in [4.69, 9.17) is 5.26 Å². The van der Waals surface area contributed by atoms with E-state index in [0.29, 0.717) is 11.1 Å². The fourth-order valence-electron chi connectivity index (χ4n) is 1.51. The van der Waals surface area contributed by atoms with Crippen LogP contribution in [0.2, 0.25) is 0 Å². The van der Waals surface area contributed by atoms with Gasteiger partial charge in [-0.15, -0.1) is 0 Å². The number of halogens is 1. The molecule has 0 aromatic heterocycles. The summed E-state index contributed by atoms with van der Waals surface area (Å²) in [5.74, 6) is -0.250. The van der Waals surface area contributed by atoms with Crippen molar-refractivity contribution in [2.75, 3.05) is 0 Å². The molecule has 0 radical (unpaired) electrons. The Morgan fingerprint density at radius 1 is 1.20 bits per heavy atom. The maximum atomic E-state index is 11.9. The summed E-state index contributed by atoms with van der Waals surface area (Å²) in [6.07, 6.45) is 1.54. The largest absolute Gasteiger partial charge is 0.272 e. The van der Waals surface area contributed by atoms with Crippen LogP contribution in [-0.2, 0) is 0 Å². The number of carbonyl (C=O) groups excluding carboxylic acids is 1. The Morgan fingerprint density at radius 3 is 2.55 bits per heavy atom. The molecule has 0 heterocycles. The van der Waals surface area contributed by atoms with Gasteiger partial charge in [-0.05, 0) is 52.4 Å². The van der Waals surface area contributed by atoms with Crippen molar-refractivity contribution < 1.29 is 4.79 Å². The molecular formula is C15H10IN3O. The molecule has 20 heavy (non-hydrogen) atoms. The quantitative estimate of drug-likeness (QED) is 0.509. The predicted octanol–water partition coefficient (Wildman–Crippen LogP) is 2.93. The van der Waals surface area contributed by atoms with Gasteiger partial charge in [0.25, 0.3) is 5.91 Å². The Bertz CT molecular complexity index is 687. The van der Waals surface area contributed by atoms with Gasteiger partial charge in [0.2, 0.25) is 0 Å². The van der Waals surface area contributed by atoms with Gasteiger partial charge in [0.15, 0.2) is 0 Å². The van der Waals surface area contributed by atoms with Crippen LogP contribution in [-0.4, -0.2) is 12.1 Å². The average molecular weight is 375 g/mol. The van der Waals surface area contributed by atoms with Crippen molar-refractivity contribution in [1.82, 2.24) is 5.43 Å². The highest BCUT2D eigenvalue weighted by atomic mass is 127. The maximum Gasteiger partial charge on any atom is 0.272 e. The lowest BCUT2D eigenvalue weighted by Gasteiger charge is -2.01. The van der Waals surface area contributed by atoms with E-state index in [1.54, 1.807) is 36.4 Å². The van der Waals surface area contributed by atoms with Crippen molar-refractivity contribution in [3.63, 3.8) is 0 Å². The summed E-state index contributed by atoms with van der Waals surface area (Å²) in [7, 11) is 0. The molecule has 0 fully saturated rings. The zero-order valence-electron chi connectivity index (χ0n) is 10.4. The van der Waals surface area contributed by atoms with Crippen LogP contribution < -0.4 is 5.43 Å². The van der Waals surface area contributed by atoms with E-state index < -0.39 is 0 Å². The lowest BCUT2D eigenvalue weighted by atomic mass is 10.2. The fourth-order valence-corrected chi connectivity index (χ4v) is 2.15. The van der Waals surface area contributed by atoms with Crippen LogP contribution in [0.1, 0.15) is 21.5 Å². The third kappa shape index (κ3) is 3.65. The molecule has 0 saturated heterocycles. The van der Waals surface area contributed by atoms with Crippen LogP contribution in [0.25, 0.3) is 0 Å². The molecule has 0 aliphatic heterocycles. The lowest BCUT2D eigenvalue weighted by Crippen LogP contribution is -2.18. The van der Waals surface area contributed by atoms with Crippen LogP contribution in [0, 0.1) is 14.9 Å². The highest BCUT2D eigenvalue weighted by molar-refractivity contribution is 14.1. The second kappa shape index (κ2) is 6.82. The van der Waals surface area contributed by atoms with Crippen LogP contribution in [0.3, 0.4) is 0 Å². The van der Waals surface area contributed by atoms with Crippen molar-refractivity contribution in [1.29, 1.82) is 5.26 Å². The number of nitriles is 1. The van der Waals surface area contributed by atoms with Gasteiger partial charge in [-0.2, -0.15) is 10.4 Å². The van der Waals surface area contributed by atoms with Crippen molar-refractivity contribution in [3.05, 3.63) is 68.8 Å². The molecule has 1 N–H and O–H groups in total. The van der Waals surface area contributed by atoms with E-state index in [1.807, 2.05) is 18.2 Å². The third-order valence-electron chi connectivity index (χ3n) is 2.54. The van der Waals surface area contributed by atoms with Gasteiger partial charge in [0.1, 0.15) is 0 Å². The molecule has 1 amide bonds. The van der Waals surface area contributed by atoms with Gasteiger partial charge >= 0.3 is 0 Å². The molecule has 0 atom stereocenters. The minimum atomic E-state index is -0.250. The zero-order chi connectivity index (χ0) is 14.4. The Kier molecular flexibility index (Phi) is 4.85. The van der Waals surface area contributed by atoms with Gasteiger partial charge in [0.05, 0.1) is 23.4 Å². The van der Waals surface area contributed by atoms with Crippen molar-refractivity contribution in [2.45, 2.75) is 0 Å². The molecule has 2 aromatic rings. The fraction of sp³-hybridized carbons (Fsp3) is 0. The van der Waals surface area contributed by atoms with Crippen LogP contribution in [0.15, 0.2) is 53.6 Å². The second-order valence-corrected chi connectivity index (χ2v) is 5.07. The van der Waals surface area contributed by atoms with Crippen LogP contribution >= 0.6 is 22.6 Å². The second-order valence-electron chi connectivity index (χ2n) is 3.91. The van der Waals surface area contributed by atoms with Gasteiger partial charge in [-0.25, -0.2) is 5.43 Å². The Morgan fingerprint density at radius 2 is 1.90 bits per heavy atom. The Hall–Kier alpha value is -2.20. The van der Waals surface area contributed by atoms with Gasteiger partial charge < -0.3 is 0 Å². The number of nitrogens with one attached hydrogen (secondary N) is 1. The topological polar surface area (TPSA) is 65.2 Å². The summed E-state index contributed by atoms with van der Waals surface area (Å²) >= 11 is 2.10. The van der Waals surface area contributed by atoms with E-state index in [9.17, 15) is 4.79 Å². The molecule has 0 aliphatic carbocycles. The Labute approximate surface area is 130 Å². The number of hydrogen-bond donors (Lipinski definition) is 1.